The van der Waals surface area contributed by atoms with Crippen LogP contribution in [-0.2, 0) is 6.42 Å². The number of rotatable bonds is 3. The van der Waals surface area contributed by atoms with Gasteiger partial charge in [0.15, 0.2) is 0 Å². The molecular formula is C13H16BrN. The Morgan fingerprint density at radius 3 is 2.87 bits per heavy atom. The van der Waals surface area contributed by atoms with Gasteiger partial charge in [0, 0.05) is 23.6 Å². The van der Waals surface area contributed by atoms with Crippen molar-refractivity contribution in [3.8, 4) is 0 Å². The summed E-state index contributed by atoms with van der Waals surface area (Å²) in [5, 5.41) is 0. The minimum atomic E-state index is 0.933. The number of fused-ring (bicyclic) bond motifs is 1. The second kappa shape index (κ2) is 3.91. The normalized spacial score (nSPS) is 29.1. The lowest BCUT2D eigenvalue weighted by molar-refractivity contribution is 0.249. The van der Waals surface area contributed by atoms with E-state index in [-0.39, 0.29) is 0 Å². The van der Waals surface area contributed by atoms with E-state index in [9.17, 15) is 0 Å². The molecule has 1 nitrogen and oxygen atoms in total. The minimum absolute atomic E-state index is 0.933. The van der Waals surface area contributed by atoms with Crippen LogP contribution < -0.4 is 0 Å². The Morgan fingerprint density at radius 1 is 1.33 bits per heavy atom. The average Bonchev–Trinajstić information content (AvgIpc) is 2.72. The highest BCUT2D eigenvalue weighted by Crippen LogP contribution is 2.40. The van der Waals surface area contributed by atoms with Crippen molar-refractivity contribution in [3.63, 3.8) is 0 Å². The molecule has 0 unspecified atom stereocenters. The monoisotopic (exact) mass is 265 g/mol. The van der Waals surface area contributed by atoms with Crippen LogP contribution in [0.1, 0.15) is 18.4 Å². The second-order valence-electron chi connectivity index (χ2n) is 4.87. The molecule has 0 radical (unpaired) electrons. The van der Waals surface area contributed by atoms with E-state index < -0.39 is 0 Å². The van der Waals surface area contributed by atoms with Crippen molar-refractivity contribution in [1.82, 2.24) is 4.90 Å². The Hall–Kier alpha value is -0.340. The van der Waals surface area contributed by atoms with Crippen LogP contribution in [0.4, 0.5) is 0 Å². The van der Waals surface area contributed by atoms with Crippen molar-refractivity contribution in [1.29, 1.82) is 0 Å². The molecule has 0 spiro atoms. The Labute approximate surface area is 99.6 Å². The number of hydrogen-bond donors (Lipinski definition) is 0. The van der Waals surface area contributed by atoms with Gasteiger partial charge >= 0.3 is 0 Å². The van der Waals surface area contributed by atoms with Crippen molar-refractivity contribution >= 4 is 15.9 Å². The average molecular weight is 266 g/mol. The molecule has 2 saturated heterocycles. The molecule has 2 aliphatic heterocycles. The van der Waals surface area contributed by atoms with Gasteiger partial charge < -0.3 is 0 Å². The van der Waals surface area contributed by atoms with E-state index in [2.05, 4.69) is 45.1 Å². The first-order valence-electron chi connectivity index (χ1n) is 5.80. The van der Waals surface area contributed by atoms with Crippen LogP contribution in [0.2, 0.25) is 0 Å². The lowest BCUT2D eigenvalue weighted by Crippen LogP contribution is -2.30. The topological polar surface area (TPSA) is 3.24 Å². The summed E-state index contributed by atoms with van der Waals surface area (Å²) in [6, 6.07) is 9.62. The summed E-state index contributed by atoms with van der Waals surface area (Å²) < 4.78 is 1.20. The number of benzene rings is 1. The maximum Gasteiger partial charge on any atom is 0.0178 e. The molecule has 1 aliphatic carbocycles. The third-order valence-electron chi connectivity index (χ3n) is 3.80. The zero-order valence-electron chi connectivity index (χ0n) is 8.82. The van der Waals surface area contributed by atoms with Crippen LogP contribution in [0.5, 0.6) is 0 Å². The molecule has 0 N–H and O–H groups in total. The highest BCUT2D eigenvalue weighted by atomic mass is 79.9. The summed E-state index contributed by atoms with van der Waals surface area (Å²) in [5.74, 6) is 1.04. The molecule has 0 aromatic heterocycles. The fraction of sp³-hybridized carbons (Fsp3) is 0.538. The van der Waals surface area contributed by atoms with Crippen molar-refractivity contribution < 1.29 is 0 Å². The van der Waals surface area contributed by atoms with Crippen LogP contribution in [0.25, 0.3) is 0 Å². The quantitative estimate of drug-likeness (QED) is 0.812. The van der Waals surface area contributed by atoms with Crippen LogP contribution in [0.15, 0.2) is 28.7 Å². The highest BCUT2D eigenvalue weighted by Gasteiger charge is 2.41. The molecule has 1 aromatic rings. The second-order valence-corrected chi connectivity index (χ2v) is 5.78. The fourth-order valence-electron chi connectivity index (χ4n) is 2.87. The third kappa shape index (κ3) is 1.98. The predicted molar refractivity (Wildman–Crippen MR) is 65.9 cm³/mol. The van der Waals surface area contributed by atoms with Crippen LogP contribution >= 0.6 is 15.9 Å². The Morgan fingerprint density at radius 2 is 2.20 bits per heavy atom. The molecule has 3 fully saturated rings. The molecule has 4 rings (SSSR count). The SMILES string of the molecule is Brc1cccc(CCN2CC3CC2C3)c1. The number of halogens is 1. The maximum atomic E-state index is 3.52. The van der Waals surface area contributed by atoms with Crippen molar-refractivity contribution in [3.05, 3.63) is 34.3 Å². The Bertz CT molecular complexity index is 357. The summed E-state index contributed by atoms with van der Waals surface area (Å²) in [6.45, 7) is 2.61. The number of hydrogen-bond acceptors (Lipinski definition) is 1. The minimum Gasteiger partial charge on any atom is -0.300 e. The lowest BCUT2D eigenvalue weighted by Gasteiger charge is -2.25. The van der Waals surface area contributed by atoms with Gasteiger partial charge in [0.2, 0.25) is 0 Å². The molecule has 15 heavy (non-hydrogen) atoms. The molecular weight excluding hydrogens is 250 g/mol. The molecule has 2 bridgehead atoms. The van der Waals surface area contributed by atoms with Gasteiger partial charge in [-0.1, -0.05) is 28.1 Å². The molecule has 80 valence electrons. The summed E-state index contributed by atoms with van der Waals surface area (Å²) in [7, 11) is 0. The third-order valence-corrected chi connectivity index (χ3v) is 4.29. The predicted octanol–water partition coefficient (Wildman–Crippen LogP) is 3.09. The van der Waals surface area contributed by atoms with Crippen LogP contribution in [0, 0.1) is 5.92 Å². The van der Waals surface area contributed by atoms with Crippen molar-refractivity contribution in [2.24, 2.45) is 5.92 Å². The summed E-state index contributed by atoms with van der Waals surface area (Å²) in [5.41, 5.74) is 1.45. The van der Waals surface area contributed by atoms with Gasteiger partial charge in [-0.15, -0.1) is 0 Å². The largest absolute Gasteiger partial charge is 0.300 e. The van der Waals surface area contributed by atoms with Crippen molar-refractivity contribution in [2.75, 3.05) is 13.1 Å². The van der Waals surface area contributed by atoms with Gasteiger partial charge in [-0.25, -0.2) is 0 Å². The first kappa shape index (κ1) is 9.86. The van der Waals surface area contributed by atoms with E-state index in [1.807, 2.05) is 0 Å². The van der Waals surface area contributed by atoms with Gasteiger partial charge in [-0.2, -0.15) is 0 Å². The van der Waals surface area contributed by atoms with Crippen LogP contribution in [0.3, 0.4) is 0 Å². The summed E-state index contributed by atoms with van der Waals surface area (Å²) >= 11 is 3.52. The summed E-state index contributed by atoms with van der Waals surface area (Å²) in [6.07, 6.45) is 4.14. The van der Waals surface area contributed by atoms with Crippen molar-refractivity contribution in [2.45, 2.75) is 25.3 Å². The van der Waals surface area contributed by atoms with Gasteiger partial charge in [0.05, 0.1) is 0 Å². The lowest BCUT2D eigenvalue weighted by atomic mass is 9.86. The molecule has 0 amide bonds. The molecule has 0 atom stereocenters. The maximum absolute atomic E-state index is 3.52. The molecule has 1 saturated carbocycles. The summed E-state index contributed by atoms with van der Waals surface area (Å²) in [4.78, 5) is 2.67. The highest BCUT2D eigenvalue weighted by molar-refractivity contribution is 9.10. The molecule has 1 aromatic carbocycles. The molecule has 2 heterocycles. The van der Waals surface area contributed by atoms with E-state index in [0.29, 0.717) is 0 Å². The zero-order chi connectivity index (χ0) is 10.3. The van der Waals surface area contributed by atoms with Gasteiger partial charge in [0.1, 0.15) is 0 Å². The van der Waals surface area contributed by atoms with Gasteiger partial charge in [-0.3, -0.25) is 4.90 Å². The smallest absolute Gasteiger partial charge is 0.0178 e. The zero-order valence-corrected chi connectivity index (χ0v) is 10.4. The number of nitrogens with zero attached hydrogens (tertiary/aromatic N) is 1. The molecule has 3 aliphatic rings. The van der Waals surface area contributed by atoms with E-state index in [1.54, 1.807) is 0 Å². The molecule has 2 heteroatoms. The van der Waals surface area contributed by atoms with Crippen LogP contribution in [-0.4, -0.2) is 24.0 Å². The first-order chi connectivity index (χ1) is 7.31. The Balaban J connectivity index is 1.57. The standard InChI is InChI=1S/C13H16BrN/c14-12-3-1-2-10(6-12)4-5-15-9-11-7-13(15)8-11/h1-3,6,11,13H,4-5,7-9H2. The van der Waals surface area contributed by atoms with E-state index in [4.69, 9.17) is 0 Å². The Kier molecular flexibility index (Phi) is 2.57. The van der Waals surface area contributed by atoms with E-state index in [1.165, 1.54) is 42.4 Å². The van der Waals surface area contributed by atoms with Gasteiger partial charge in [-0.05, 0) is 42.9 Å². The first-order valence-corrected chi connectivity index (χ1v) is 6.59. The van der Waals surface area contributed by atoms with Gasteiger partial charge in [0.25, 0.3) is 0 Å². The van der Waals surface area contributed by atoms with E-state index in [0.717, 1.165) is 12.0 Å². The fourth-order valence-corrected chi connectivity index (χ4v) is 3.31. The van der Waals surface area contributed by atoms with E-state index >= 15 is 0 Å².